The van der Waals surface area contributed by atoms with Crippen molar-refractivity contribution in [2.45, 2.75) is 6.92 Å². The zero-order valence-electron chi connectivity index (χ0n) is 12.1. The summed E-state index contributed by atoms with van der Waals surface area (Å²) in [5.41, 5.74) is 0.819. The number of aromatic hydroxyl groups is 2. The van der Waals surface area contributed by atoms with E-state index >= 15 is 0 Å². The predicted octanol–water partition coefficient (Wildman–Crippen LogP) is 1.61. The summed E-state index contributed by atoms with van der Waals surface area (Å²) >= 11 is 1.25. The van der Waals surface area contributed by atoms with Gasteiger partial charge in [0, 0.05) is 24.1 Å². The van der Waals surface area contributed by atoms with Crippen LogP contribution in [0.25, 0.3) is 0 Å². The van der Waals surface area contributed by atoms with Gasteiger partial charge >= 0.3 is 5.97 Å². The molecular weight excluding hydrogens is 306 g/mol. The smallest absolute Gasteiger partial charge is 0.355 e. The predicted molar refractivity (Wildman–Crippen MR) is 82.2 cm³/mol. The summed E-state index contributed by atoms with van der Waals surface area (Å²) in [4.78, 5) is 12.2. The van der Waals surface area contributed by atoms with Gasteiger partial charge in [0.2, 0.25) is 4.80 Å². The molecule has 0 aliphatic carbocycles. The quantitative estimate of drug-likeness (QED) is 0.508. The number of hydrogen-bond donors (Lipinski definition) is 2. The number of hydrogen-bond acceptors (Lipinski definition) is 7. The lowest BCUT2D eigenvalue weighted by molar-refractivity contribution is 0.0515. The molecule has 0 spiro atoms. The number of carbonyl (C=O) groups excluding carboxylic acids is 1. The average molecular weight is 321 g/mol. The lowest BCUT2D eigenvalue weighted by atomic mass is 10.2. The minimum absolute atomic E-state index is 0.0321. The van der Waals surface area contributed by atoms with Crippen LogP contribution in [0.4, 0.5) is 0 Å². The molecule has 0 aliphatic rings. The standard InChI is InChI=1S/C14H15N3O4S/c1-3-21-13(20)11-8-22-14(17(11)2)16-15-7-9-4-5-10(18)6-12(9)19/h4-8,18-19H,3H2,1-2H3. The third-order valence-electron chi connectivity index (χ3n) is 2.76. The van der Waals surface area contributed by atoms with E-state index in [9.17, 15) is 15.0 Å². The van der Waals surface area contributed by atoms with E-state index in [0.29, 0.717) is 22.7 Å². The molecule has 0 fully saturated rings. The first-order valence-electron chi connectivity index (χ1n) is 6.43. The highest BCUT2D eigenvalue weighted by Gasteiger charge is 2.11. The van der Waals surface area contributed by atoms with Crippen molar-refractivity contribution in [1.29, 1.82) is 0 Å². The highest BCUT2D eigenvalue weighted by atomic mass is 32.1. The second kappa shape index (κ2) is 6.90. The number of phenols is 2. The van der Waals surface area contributed by atoms with Crippen molar-refractivity contribution in [2.24, 2.45) is 17.3 Å². The Labute approximate surface area is 130 Å². The Morgan fingerprint density at radius 1 is 1.45 bits per heavy atom. The lowest BCUT2D eigenvalue weighted by Crippen LogP contribution is -2.17. The minimum atomic E-state index is -0.414. The molecule has 2 rings (SSSR count). The normalized spacial score (nSPS) is 12.0. The first-order chi connectivity index (χ1) is 10.5. The highest BCUT2D eigenvalue weighted by Crippen LogP contribution is 2.20. The molecule has 1 aromatic heterocycles. The second-order valence-electron chi connectivity index (χ2n) is 4.27. The van der Waals surface area contributed by atoms with Gasteiger partial charge in [-0.15, -0.1) is 16.4 Å². The van der Waals surface area contributed by atoms with E-state index in [1.165, 1.54) is 35.8 Å². The van der Waals surface area contributed by atoms with Crippen LogP contribution in [0.15, 0.2) is 33.8 Å². The topological polar surface area (TPSA) is 96.4 Å². The fourth-order valence-electron chi connectivity index (χ4n) is 1.63. The Morgan fingerprint density at radius 2 is 2.23 bits per heavy atom. The number of phenolic OH excluding ortho intramolecular Hbond substituents is 2. The van der Waals surface area contributed by atoms with Crippen LogP contribution in [-0.2, 0) is 11.8 Å². The van der Waals surface area contributed by atoms with Crippen molar-refractivity contribution in [3.8, 4) is 11.5 Å². The minimum Gasteiger partial charge on any atom is -0.508 e. The van der Waals surface area contributed by atoms with E-state index in [-0.39, 0.29) is 11.5 Å². The number of nitrogens with zero attached hydrogens (tertiary/aromatic N) is 3. The van der Waals surface area contributed by atoms with Crippen molar-refractivity contribution in [1.82, 2.24) is 4.57 Å². The SMILES string of the molecule is CCOC(=O)c1csc(=NN=Cc2ccc(O)cc2O)n1C. The van der Waals surface area contributed by atoms with Crippen molar-refractivity contribution in [3.63, 3.8) is 0 Å². The Morgan fingerprint density at radius 3 is 2.91 bits per heavy atom. The maximum absolute atomic E-state index is 11.7. The molecule has 1 heterocycles. The Bertz CT molecular complexity index is 777. The molecule has 0 saturated heterocycles. The zero-order valence-corrected chi connectivity index (χ0v) is 12.9. The van der Waals surface area contributed by atoms with E-state index in [0.717, 1.165) is 0 Å². The molecule has 116 valence electrons. The van der Waals surface area contributed by atoms with Crippen LogP contribution in [0.1, 0.15) is 23.0 Å². The van der Waals surface area contributed by atoms with Gasteiger partial charge in [0.15, 0.2) is 0 Å². The first kappa shape index (κ1) is 15.8. The van der Waals surface area contributed by atoms with Gasteiger partial charge in [-0.3, -0.25) is 0 Å². The molecule has 2 aromatic rings. The van der Waals surface area contributed by atoms with Gasteiger partial charge in [-0.2, -0.15) is 5.10 Å². The van der Waals surface area contributed by atoms with E-state index < -0.39 is 5.97 Å². The molecule has 0 atom stereocenters. The van der Waals surface area contributed by atoms with Gasteiger partial charge in [-0.05, 0) is 19.1 Å². The van der Waals surface area contributed by atoms with E-state index in [4.69, 9.17) is 4.74 Å². The van der Waals surface area contributed by atoms with Gasteiger partial charge in [0.25, 0.3) is 0 Å². The number of rotatable bonds is 4. The average Bonchev–Trinajstić information content (AvgIpc) is 2.83. The van der Waals surface area contributed by atoms with Crippen LogP contribution in [0.3, 0.4) is 0 Å². The summed E-state index contributed by atoms with van der Waals surface area (Å²) in [7, 11) is 1.69. The molecule has 8 heteroatoms. The third kappa shape index (κ3) is 3.53. The Balaban J connectivity index is 2.23. The number of thiazole rings is 1. The maximum atomic E-state index is 11.7. The van der Waals surface area contributed by atoms with Gasteiger partial charge < -0.3 is 19.5 Å². The molecule has 0 radical (unpaired) electrons. The molecule has 0 amide bonds. The van der Waals surface area contributed by atoms with Crippen LogP contribution >= 0.6 is 11.3 Å². The molecule has 0 saturated carbocycles. The molecule has 0 unspecified atom stereocenters. The second-order valence-corrected chi connectivity index (χ2v) is 5.11. The fourth-order valence-corrected chi connectivity index (χ4v) is 2.45. The molecule has 2 N–H and O–H groups in total. The van der Waals surface area contributed by atoms with E-state index in [2.05, 4.69) is 10.2 Å². The van der Waals surface area contributed by atoms with Gasteiger partial charge in [0.05, 0.1) is 12.8 Å². The van der Waals surface area contributed by atoms with Gasteiger partial charge in [0.1, 0.15) is 17.2 Å². The monoisotopic (exact) mass is 321 g/mol. The van der Waals surface area contributed by atoms with Crippen LogP contribution in [-0.4, -0.2) is 33.6 Å². The molecular formula is C14H15N3O4S. The van der Waals surface area contributed by atoms with E-state index in [1.54, 1.807) is 23.9 Å². The lowest BCUT2D eigenvalue weighted by Gasteiger charge is -2.01. The summed E-state index contributed by atoms with van der Waals surface area (Å²) in [6.07, 6.45) is 1.36. The van der Waals surface area contributed by atoms with Crippen LogP contribution in [0, 0.1) is 0 Å². The summed E-state index contributed by atoms with van der Waals surface area (Å²) in [6.45, 7) is 2.05. The molecule has 22 heavy (non-hydrogen) atoms. The van der Waals surface area contributed by atoms with Crippen LogP contribution in [0.2, 0.25) is 0 Å². The number of ether oxygens (including phenoxy) is 1. The zero-order chi connectivity index (χ0) is 16.1. The highest BCUT2D eigenvalue weighted by molar-refractivity contribution is 7.07. The van der Waals surface area contributed by atoms with Gasteiger partial charge in [-0.1, -0.05) is 0 Å². The summed E-state index contributed by atoms with van der Waals surface area (Å²) in [6, 6.07) is 4.17. The molecule has 1 aromatic carbocycles. The van der Waals surface area contributed by atoms with E-state index in [1.807, 2.05) is 0 Å². The van der Waals surface area contributed by atoms with Crippen molar-refractivity contribution in [2.75, 3.05) is 6.61 Å². The van der Waals surface area contributed by atoms with Crippen molar-refractivity contribution in [3.05, 3.63) is 39.6 Å². The number of carbonyl (C=O) groups is 1. The van der Waals surface area contributed by atoms with Gasteiger partial charge in [-0.25, -0.2) is 4.79 Å². The number of aromatic nitrogens is 1. The fraction of sp³-hybridized carbons (Fsp3) is 0.214. The first-order valence-corrected chi connectivity index (χ1v) is 7.31. The largest absolute Gasteiger partial charge is 0.508 e. The van der Waals surface area contributed by atoms with Crippen molar-refractivity contribution < 1.29 is 19.7 Å². The number of benzene rings is 1. The third-order valence-corrected chi connectivity index (χ3v) is 3.67. The molecule has 0 bridgehead atoms. The molecule has 0 aliphatic heterocycles. The summed E-state index contributed by atoms with van der Waals surface area (Å²) in [5, 5.41) is 28.3. The Kier molecular flexibility index (Phi) is 4.95. The van der Waals surface area contributed by atoms with Crippen LogP contribution in [0.5, 0.6) is 11.5 Å². The molecule has 7 nitrogen and oxygen atoms in total. The number of esters is 1. The summed E-state index contributed by atoms with van der Waals surface area (Å²) in [5.74, 6) is -0.542. The van der Waals surface area contributed by atoms with Crippen molar-refractivity contribution >= 4 is 23.5 Å². The van der Waals surface area contributed by atoms with Crippen LogP contribution < -0.4 is 4.80 Å². The summed E-state index contributed by atoms with van der Waals surface area (Å²) < 4.78 is 6.51. The Hall–Kier alpha value is -2.61. The maximum Gasteiger partial charge on any atom is 0.355 e.